The molecule has 0 aromatic carbocycles. The van der Waals surface area contributed by atoms with E-state index in [9.17, 15) is 27.6 Å². The predicted octanol–water partition coefficient (Wildman–Crippen LogP) is 2.92. The topological polar surface area (TPSA) is 91.8 Å². The molecule has 1 N–H and O–H groups in total. The van der Waals surface area contributed by atoms with Crippen molar-refractivity contribution in [1.29, 1.82) is 0 Å². The first kappa shape index (κ1) is 21.8. The van der Waals surface area contributed by atoms with Crippen LogP contribution in [0.15, 0.2) is 18.3 Å². The van der Waals surface area contributed by atoms with Gasteiger partial charge >= 0.3 is 18.3 Å². The standard InChI is InChI=1S/C19H23F3N4O4/c1-17(2,3)30-16(29)25-8-6-18(7-9-25)14(27)26(15(28)24-18)11-12-4-5-13(23-10-12)19(20,21)22/h4-5,10H,6-9,11H2,1-3H3,(H,24,28). The largest absolute Gasteiger partial charge is 0.444 e. The van der Waals surface area contributed by atoms with Gasteiger partial charge in [0.05, 0.1) is 6.54 Å². The third-order valence-electron chi connectivity index (χ3n) is 4.97. The number of aromatic nitrogens is 1. The van der Waals surface area contributed by atoms with Crippen LogP contribution in [-0.2, 0) is 22.3 Å². The monoisotopic (exact) mass is 428 g/mol. The van der Waals surface area contributed by atoms with Crippen molar-refractivity contribution >= 4 is 18.0 Å². The molecule has 4 amide bonds. The summed E-state index contributed by atoms with van der Waals surface area (Å²) in [4.78, 5) is 43.3. The first-order valence-electron chi connectivity index (χ1n) is 9.45. The van der Waals surface area contributed by atoms with Gasteiger partial charge in [-0.2, -0.15) is 13.2 Å². The Morgan fingerprint density at radius 2 is 1.83 bits per heavy atom. The van der Waals surface area contributed by atoms with Gasteiger partial charge < -0.3 is 15.0 Å². The number of alkyl halides is 3. The normalized spacial score (nSPS) is 19.3. The SMILES string of the molecule is CC(C)(C)OC(=O)N1CCC2(CC1)NC(=O)N(Cc1ccc(C(F)(F)F)nc1)C2=O. The van der Waals surface area contributed by atoms with Crippen molar-refractivity contribution < 1.29 is 32.3 Å². The fourth-order valence-corrected chi connectivity index (χ4v) is 3.42. The molecule has 164 valence electrons. The highest BCUT2D eigenvalue weighted by Crippen LogP contribution is 2.31. The van der Waals surface area contributed by atoms with Crippen molar-refractivity contribution in [3.05, 3.63) is 29.6 Å². The molecule has 2 aliphatic rings. The fourth-order valence-electron chi connectivity index (χ4n) is 3.42. The van der Waals surface area contributed by atoms with Gasteiger partial charge in [0.1, 0.15) is 16.8 Å². The zero-order valence-electron chi connectivity index (χ0n) is 16.9. The number of carbonyl (C=O) groups excluding carboxylic acids is 3. The van der Waals surface area contributed by atoms with Crippen molar-refractivity contribution in [2.45, 2.75) is 57.5 Å². The summed E-state index contributed by atoms with van der Waals surface area (Å²) in [6.45, 7) is 5.54. The lowest BCUT2D eigenvalue weighted by molar-refractivity contribution is -0.141. The average Bonchev–Trinajstić information content (AvgIpc) is 2.85. The van der Waals surface area contributed by atoms with E-state index >= 15 is 0 Å². The summed E-state index contributed by atoms with van der Waals surface area (Å²) in [5.41, 5.74) is -2.52. The van der Waals surface area contributed by atoms with E-state index in [-0.39, 0.29) is 32.5 Å². The molecule has 30 heavy (non-hydrogen) atoms. The van der Waals surface area contributed by atoms with Gasteiger partial charge in [0.2, 0.25) is 0 Å². The van der Waals surface area contributed by atoms with Crippen LogP contribution in [0, 0.1) is 0 Å². The maximum atomic E-state index is 12.9. The van der Waals surface area contributed by atoms with Gasteiger partial charge in [0, 0.05) is 19.3 Å². The molecule has 2 aliphatic heterocycles. The first-order valence-corrected chi connectivity index (χ1v) is 9.45. The zero-order chi connectivity index (χ0) is 22.3. The Hall–Kier alpha value is -2.85. The molecule has 1 aromatic rings. The highest BCUT2D eigenvalue weighted by atomic mass is 19.4. The molecule has 11 heteroatoms. The number of urea groups is 1. The second kappa shape index (κ2) is 7.44. The number of imide groups is 1. The van der Waals surface area contributed by atoms with Crippen molar-refractivity contribution in [2.75, 3.05) is 13.1 Å². The van der Waals surface area contributed by atoms with E-state index in [1.54, 1.807) is 20.8 Å². The van der Waals surface area contributed by atoms with Crippen LogP contribution in [0.3, 0.4) is 0 Å². The maximum Gasteiger partial charge on any atom is 0.433 e. The molecule has 1 spiro atoms. The molecule has 0 radical (unpaired) electrons. The van der Waals surface area contributed by atoms with E-state index in [2.05, 4.69) is 10.3 Å². The summed E-state index contributed by atoms with van der Waals surface area (Å²) >= 11 is 0. The van der Waals surface area contributed by atoms with Crippen molar-refractivity contribution in [3.63, 3.8) is 0 Å². The van der Waals surface area contributed by atoms with Crippen LogP contribution in [-0.4, -0.2) is 57.0 Å². The number of hydrogen-bond acceptors (Lipinski definition) is 5. The minimum Gasteiger partial charge on any atom is -0.444 e. The molecule has 0 aliphatic carbocycles. The van der Waals surface area contributed by atoms with Crippen LogP contribution in [0.25, 0.3) is 0 Å². The van der Waals surface area contributed by atoms with Crippen LogP contribution in [0.4, 0.5) is 22.8 Å². The Kier molecular flexibility index (Phi) is 5.42. The predicted molar refractivity (Wildman–Crippen MR) is 98.1 cm³/mol. The molecule has 3 heterocycles. The fraction of sp³-hybridized carbons (Fsp3) is 0.579. The molecule has 2 saturated heterocycles. The molecule has 0 atom stereocenters. The highest BCUT2D eigenvalue weighted by molar-refractivity contribution is 6.07. The van der Waals surface area contributed by atoms with E-state index in [0.29, 0.717) is 5.56 Å². The molecular weight excluding hydrogens is 405 g/mol. The molecule has 8 nitrogen and oxygen atoms in total. The maximum absolute atomic E-state index is 12.9. The van der Waals surface area contributed by atoms with E-state index in [1.807, 2.05) is 0 Å². The van der Waals surface area contributed by atoms with Crippen molar-refractivity contribution in [2.24, 2.45) is 0 Å². The number of likely N-dealkylation sites (tertiary alicyclic amines) is 1. The number of halogens is 3. The van der Waals surface area contributed by atoms with Gasteiger partial charge in [-0.1, -0.05) is 6.07 Å². The van der Waals surface area contributed by atoms with Gasteiger partial charge in [-0.3, -0.25) is 14.7 Å². The van der Waals surface area contributed by atoms with Crippen LogP contribution in [0.1, 0.15) is 44.9 Å². The van der Waals surface area contributed by atoms with Gasteiger partial charge in [-0.25, -0.2) is 9.59 Å². The lowest BCUT2D eigenvalue weighted by Crippen LogP contribution is -2.56. The summed E-state index contributed by atoms with van der Waals surface area (Å²) < 4.78 is 43.2. The van der Waals surface area contributed by atoms with E-state index in [1.165, 1.54) is 11.0 Å². The summed E-state index contributed by atoms with van der Waals surface area (Å²) in [6, 6.07) is 1.38. The molecule has 0 saturated carbocycles. The number of piperidine rings is 1. The summed E-state index contributed by atoms with van der Waals surface area (Å²) in [6.07, 6.45) is -3.61. The quantitative estimate of drug-likeness (QED) is 0.732. The third-order valence-corrected chi connectivity index (χ3v) is 4.97. The number of hydrogen-bond donors (Lipinski definition) is 1. The Morgan fingerprint density at radius 1 is 1.20 bits per heavy atom. The lowest BCUT2D eigenvalue weighted by Gasteiger charge is -2.37. The number of pyridine rings is 1. The highest BCUT2D eigenvalue weighted by Gasteiger charge is 2.53. The minimum atomic E-state index is -4.56. The van der Waals surface area contributed by atoms with Crippen LogP contribution < -0.4 is 5.32 Å². The number of amides is 4. The van der Waals surface area contributed by atoms with Crippen molar-refractivity contribution in [1.82, 2.24) is 20.1 Å². The lowest BCUT2D eigenvalue weighted by atomic mass is 9.87. The zero-order valence-corrected chi connectivity index (χ0v) is 16.9. The Bertz CT molecular complexity index is 841. The summed E-state index contributed by atoms with van der Waals surface area (Å²) in [7, 11) is 0. The molecule has 0 unspecified atom stereocenters. The van der Waals surface area contributed by atoms with Crippen LogP contribution >= 0.6 is 0 Å². The van der Waals surface area contributed by atoms with Gasteiger partial charge in [-0.05, 0) is 45.2 Å². The summed E-state index contributed by atoms with van der Waals surface area (Å²) in [5.74, 6) is -0.462. The second-order valence-corrected chi connectivity index (χ2v) is 8.42. The Morgan fingerprint density at radius 3 is 2.33 bits per heavy atom. The average molecular weight is 428 g/mol. The van der Waals surface area contributed by atoms with E-state index in [0.717, 1.165) is 17.2 Å². The van der Waals surface area contributed by atoms with Crippen molar-refractivity contribution in [3.8, 4) is 0 Å². The number of nitrogens with one attached hydrogen (secondary N) is 1. The molecular formula is C19H23F3N4O4. The Labute approximate surface area is 171 Å². The van der Waals surface area contributed by atoms with Gasteiger partial charge in [0.15, 0.2) is 0 Å². The molecule has 1 aromatic heterocycles. The summed E-state index contributed by atoms with van der Waals surface area (Å²) in [5, 5.41) is 2.69. The number of ether oxygens (including phenoxy) is 1. The molecule has 0 bridgehead atoms. The molecule has 2 fully saturated rings. The van der Waals surface area contributed by atoms with Gasteiger partial charge in [-0.15, -0.1) is 0 Å². The van der Waals surface area contributed by atoms with E-state index in [4.69, 9.17) is 4.74 Å². The smallest absolute Gasteiger partial charge is 0.433 e. The first-order chi connectivity index (χ1) is 13.8. The number of carbonyl (C=O) groups is 3. The van der Waals surface area contributed by atoms with Crippen LogP contribution in [0.5, 0.6) is 0 Å². The molecule has 3 rings (SSSR count). The number of rotatable bonds is 2. The van der Waals surface area contributed by atoms with Gasteiger partial charge in [0.25, 0.3) is 5.91 Å². The minimum absolute atomic E-state index is 0.187. The number of nitrogens with zero attached hydrogens (tertiary/aromatic N) is 3. The van der Waals surface area contributed by atoms with Crippen LogP contribution in [0.2, 0.25) is 0 Å². The third kappa shape index (κ3) is 4.49. The Balaban J connectivity index is 1.65. The van der Waals surface area contributed by atoms with E-state index < -0.39 is 41.0 Å². The second-order valence-electron chi connectivity index (χ2n) is 8.42.